The molecule has 136 valence electrons. The van der Waals surface area contributed by atoms with E-state index in [4.69, 9.17) is 0 Å². The van der Waals surface area contributed by atoms with E-state index in [1.165, 1.54) is 17.4 Å². The van der Waals surface area contributed by atoms with E-state index in [9.17, 15) is 8.42 Å². The fourth-order valence-electron chi connectivity index (χ4n) is 2.77. The molecule has 0 bridgehead atoms. The molecule has 3 rings (SSSR count). The molecule has 0 N–H and O–H groups in total. The van der Waals surface area contributed by atoms with E-state index in [2.05, 4.69) is 52.5 Å². The van der Waals surface area contributed by atoms with Gasteiger partial charge in [-0.2, -0.15) is 4.68 Å². The minimum Gasteiger partial charge on any atom is -0.367 e. The predicted octanol–water partition coefficient (Wildman–Crippen LogP) is 2.32. The first-order valence-corrected chi connectivity index (χ1v) is 10.0. The van der Waals surface area contributed by atoms with E-state index < -0.39 is 9.84 Å². The van der Waals surface area contributed by atoms with Crippen LogP contribution >= 0.6 is 0 Å². The Balaban J connectivity index is 1.88. The molecule has 3 aromatic rings. The first kappa shape index (κ1) is 18.1. The second-order valence-corrected chi connectivity index (χ2v) is 8.43. The lowest BCUT2D eigenvalue weighted by Crippen LogP contribution is -2.20. The van der Waals surface area contributed by atoms with Crippen LogP contribution in [0.1, 0.15) is 17.0 Å². The molecule has 0 unspecified atom stereocenters. The Labute approximate surface area is 153 Å². The molecular weight excluding hydrogens is 350 g/mol. The summed E-state index contributed by atoms with van der Waals surface area (Å²) in [6, 6.07) is 12.8. The Morgan fingerprint density at radius 1 is 1.08 bits per heavy atom. The summed E-state index contributed by atoms with van der Waals surface area (Å²) in [7, 11) is -1.24. The van der Waals surface area contributed by atoms with Crippen LogP contribution in [0.5, 0.6) is 0 Å². The zero-order valence-electron chi connectivity index (χ0n) is 15.2. The highest BCUT2D eigenvalue weighted by Gasteiger charge is 2.14. The second-order valence-electron chi connectivity index (χ2n) is 6.42. The van der Waals surface area contributed by atoms with Gasteiger partial charge in [-0.15, -0.1) is 5.10 Å². The van der Waals surface area contributed by atoms with Crippen molar-refractivity contribution >= 4 is 15.5 Å². The lowest BCUT2D eigenvalue weighted by Gasteiger charge is -2.21. The van der Waals surface area contributed by atoms with Crippen LogP contribution < -0.4 is 4.90 Å². The zero-order valence-corrected chi connectivity index (χ0v) is 16.0. The third-order valence-corrected chi connectivity index (χ3v) is 5.33. The molecule has 0 aliphatic carbocycles. The number of benzene rings is 2. The normalized spacial score (nSPS) is 11.5. The van der Waals surface area contributed by atoms with Crippen molar-refractivity contribution in [3.8, 4) is 5.69 Å². The van der Waals surface area contributed by atoms with Gasteiger partial charge in [-0.25, -0.2) is 8.42 Å². The first-order chi connectivity index (χ1) is 12.3. The zero-order chi connectivity index (χ0) is 18.9. The molecule has 0 aliphatic heterocycles. The van der Waals surface area contributed by atoms with Crippen molar-refractivity contribution in [2.75, 3.05) is 18.2 Å². The number of sulfone groups is 1. The fourth-order valence-corrected chi connectivity index (χ4v) is 3.40. The third-order valence-electron chi connectivity index (χ3n) is 4.20. The molecule has 1 heterocycles. The predicted molar refractivity (Wildman–Crippen MR) is 100 cm³/mol. The van der Waals surface area contributed by atoms with Gasteiger partial charge in [0.2, 0.25) is 0 Å². The summed E-state index contributed by atoms with van der Waals surface area (Å²) in [5, 5.41) is 11.9. The van der Waals surface area contributed by atoms with Crippen molar-refractivity contribution in [2.24, 2.45) is 0 Å². The van der Waals surface area contributed by atoms with Gasteiger partial charge in [0, 0.05) is 19.0 Å². The lowest BCUT2D eigenvalue weighted by molar-refractivity contribution is 0.602. The highest BCUT2D eigenvalue weighted by molar-refractivity contribution is 7.90. The Morgan fingerprint density at radius 3 is 2.42 bits per heavy atom. The van der Waals surface area contributed by atoms with E-state index in [0.29, 0.717) is 18.1 Å². The van der Waals surface area contributed by atoms with Crippen molar-refractivity contribution in [2.45, 2.75) is 25.3 Å². The molecule has 0 fully saturated rings. The van der Waals surface area contributed by atoms with Crippen LogP contribution in [0.4, 0.5) is 5.69 Å². The lowest BCUT2D eigenvalue weighted by atomic mass is 10.1. The molecule has 0 saturated carbocycles. The van der Waals surface area contributed by atoms with Crippen molar-refractivity contribution in [3.63, 3.8) is 0 Å². The minimum absolute atomic E-state index is 0.267. The van der Waals surface area contributed by atoms with E-state index >= 15 is 0 Å². The van der Waals surface area contributed by atoms with Crippen molar-refractivity contribution in [3.05, 3.63) is 59.4 Å². The summed E-state index contributed by atoms with van der Waals surface area (Å²) >= 11 is 0. The van der Waals surface area contributed by atoms with Crippen LogP contribution in [0.15, 0.2) is 47.4 Å². The number of nitrogens with zero attached hydrogens (tertiary/aromatic N) is 5. The summed E-state index contributed by atoms with van der Waals surface area (Å²) in [6.07, 6.45) is 1.18. The Kier molecular flexibility index (Phi) is 4.78. The topological polar surface area (TPSA) is 81.0 Å². The van der Waals surface area contributed by atoms with Gasteiger partial charge in [0.05, 0.1) is 17.1 Å². The number of tetrazole rings is 1. The van der Waals surface area contributed by atoms with E-state index in [0.717, 1.165) is 5.69 Å². The number of aromatic nitrogens is 4. The Hall–Kier alpha value is -2.74. The number of hydrogen-bond donors (Lipinski definition) is 0. The smallest absolute Gasteiger partial charge is 0.175 e. The van der Waals surface area contributed by atoms with Gasteiger partial charge in [0.15, 0.2) is 15.7 Å². The van der Waals surface area contributed by atoms with Gasteiger partial charge >= 0.3 is 0 Å². The van der Waals surface area contributed by atoms with E-state index in [-0.39, 0.29) is 4.90 Å². The molecule has 0 aliphatic rings. The average Bonchev–Trinajstić information content (AvgIpc) is 3.04. The molecule has 0 spiro atoms. The quantitative estimate of drug-likeness (QED) is 0.685. The molecule has 0 radical (unpaired) electrons. The van der Waals surface area contributed by atoms with Crippen LogP contribution in [-0.2, 0) is 16.4 Å². The standard InChI is InChI=1S/C18H21N5O2S/c1-13-5-6-14(2)17(11-13)22(3)12-18-19-20-21-23(18)15-7-9-16(10-8-15)26(4,24)25/h5-11H,12H2,1-4H3. The minimum atomic E-state index is -3.23. The number of rotatable bonds is 5. The maximum absolute atomic E-state index is 11.6. The summed E-state index contributed by atoms with van der Waals surface area (Å²) in [6.45, 7) is 4.65. The van der Waals surface area contributed by atoms with Gasteiger partial charge in [0.1, 0.15) is 0 Å². The molecular formula is C18H21N5O2S. The van der Waals surface area contributed by atoms with Gasteiger partial charge < -0.3 is 4.90 Å². The van der Waals surface area contributed by atoms with Gasteiger partial charge in [-0.05, 0) is 65.7 Å². The first-order valence-electron chi connectivity index (χ1n) is 8.12. The Morgan fingerprint density at radius 2 is 1.77 bits per heavy atom. The fraction of sp³-hybridized carbons (Fsp3) is 0.278. The van der Waals surface area contributed by atoms with Crippen molar-refractivity contribution < 1.29 is 8.42 Å². The molecule has 2 aromatic carbocycles. The molecule has 0 amide bonds. The summed E-state index contributed by atoms with van der Waals surface area (Å²) in [5.41, 5.74) is 4.20. The van der Waals surface area contributed by atoms with Gasteiger partial charge in [0.25, 0.3) is 0 Å². The molecule has 0 atom stereocenters. The van der Waals surface area contributed by atoms with E-state index in [1.807, 2.05) is 7.05 Å². The molecule has 26 heavy (non-hydrogen) atoms. The van der Waals surface area contributed by atoms with Gasteiger partial charge in [-0.3, -0.25) is 0 Å². The summed E-state index contributed by atoms with van der Waals surface area (Å²) in [5.74, 6) is 0.667. The maximum Gasteiger partial charge on any atom is 0.175 e. The summed E-state index contributed by atoms with van der Waals surface area (Å²) in [4.78, 5) is 2.36. The third kappa shape index (κ3) is 3.75. The van der Waals surface area contributed by atoms with Crippen molar-refractivity contribution in [1.29, 1.82) is 0 Å². The van der Waals surface area contributed by atoms with Crippen LogP contribution in [0.3, 0.4) is 0 Å². The SMILES string of the molecule is Cc1ccc(C)c(N(C)Cc2nnnn2-c2ccc(S(C)(=O)=O)cc2)c1. The maximum atomic E-state index is 11.6. The largest absolute Gasteiger partial charge is 0.367 e. The van der Waals surface area contributed by atoms with Crippen molar-refractivity contribution in [1.82, 2.24) is 20.2 Å². The number of hydrogen-bond acceptors (Lipinski definition) is 6. The molecule has 7 nitrogen and oxygen atoms in total. The number of aryl methyl sites for hydroxylation is 2. The Bertz CT molecular complexity index is 1030. The molecule has 1 aromatic heterocycles. The monoisotopic (exact) mass is 371 g/mol. The van der Waals surface area contributed by atoms with Crippen LogP contribution in [0.25, 0.3) is 5.69 Å². The summed E-state index contributed by atoms with van der Waals surface area (Å²) < 4.78 is 24.8. The van der Waals surface area contributed by atoms with Crippen LogP contribution in [0, 0.1) is 13.8 Å². The molecule has 8 heteroatoms. The molecule has 0 saturated heterocycles. The highest BCUT2D eigenvalue weighted by atomic mass is 32.2. The average molecular weight is 371 g/mol. The van der Waals surface area contributed by atoms with Crippen LogP contribution in [-0.4, -0.2) is 41.9 Å². The van der Waals surface area contributed by atoms with E-state index in [1.54, 1.807) is 28.9 Å². The highest BCUT2D eigenvalue weighted by Crippen LogP contribution is 2.22. The second kappa shape index (κ2) is 6.87. The van der Waals surface area contributed by atoms with Gasteiger partial charge in [-0.1, -0.05) is 12.1 Å². The van der Waals surface area contributed by atoms with Crippen LogP contribution in [0.2, 0.25) is 0 Å². The number of anilines is 1.